The van der Waals surface area contributed by atoms with Crippen LogP contribution in [-0.4, -0.2) is 32.7 Å². The SMILES string of the molecule is COCCCNCC(=O)Nc1ccc(C)c(Br)c1. The largest absolute Gasteiger partial charge is 0.385 e. The van der Waals surface area contributed by atoms with Crippen LogP contribution < -0.4 is 10.6 Å². The fourth-order valence-electron chi connectivity index (χ4n) is 1.42. The van der Waals surface area contributed by atoms with E-state index in [0.717, 1.165) is 28.7 Å². The van der Waals surface area contributed by atoms with E-state index in [1.165, 1.54) is 0 Å². The van der Waals surface area contributed by atoms with Crippen LogP contribution in [0.4, 0.5) is 5.69 Å². The molecule has 0 radical (unpaired) electrons. The molecule has 0 aliphatic carbocycles. The molecule has 18 heavy (non-hydrogen) atoms. The molecule has 100 valence electrons. The molecule has 0 bridgehead atoms. The molecule has 1 rings (SSSR count). The van der Waals surface area contributed by atoms with Crippen molar-refractivity contribution in [2.45, 2.75) is 13.3 Å². The van der Waals surface area contributed by atoms with E-state index in [1.807, 2.05) is 25.1 Å². The number of methoxy groups -OCH3 is 1. The predicted molar refractivity (Wildman–Crippen MR) is 76.9 cm³/mol. The zero-order chi connectivity index (χ0) is 13.4. The lowest BCUT2D eigenvalue weighted by atomic mass is 10.2. The number of carbonyl (C=O) groups is 1. The van der Waals surface area contributed by atoms with Crippen molar-refractivity contribution in [1.82, 2.24) is 5.32 Å². The molecule has 0 heterocycles. The number of carbonyl (C=O) groups excluding carboxylic acids is 1. The molecule has 4 nitrogen and oxygen atoms in total. The first-order valence-corrected chi connectivity index (χ1v) is 6.68. The highest BCUT2D eigenvalue weighted by Gasteiger charge is 2.03. The van der Waals surface area contributed by atoms with Crippen molar-refractivity contribution < 1.29 is 9.53 Å². The first-order chi connectivity index (χ1) is 8.63. The minimum absolute atomic E-state index is 0.0387. The van der Waals surface area contributed by atoms with E-state index in [-0.39, 0.29) is 5.91 Å². The number of hydrogen-bond donors (Lipinski definition) is 2. The number of hydrogen-bond acceptors (Lipinski definition) is 3. The molecule has 0 saturated heterocycles. The molecule has 0 atom stereocenters. The standard InChI is InChI=1S/C13H19BrN2O2/c1-10-4-5-11(8-12(10)14)16-13(17)9-15-6-3-7-18-2/h4-5,8,15H,3,6-7,9H2,1-2H3,(H,16,17). The Bertz CT molecular complexity index is 397. The lowest BCUT2D eigenvalue weighted by Crippen LogP contribution is -2.29. The van der Waals surface area contributed by atoms with Crippen molar-refractivity contribution in [3.8, 4) is 0 Å². The van der Waals surface area contributed by atoms with Gasteiger partial charge in [0.2, 0.25) is 5.91 Å². The zero-order valence-corrected chi connectivity index (χ0v) is 12.3. The molecule has 0 aliphatic rings. The lowest BCUT2D eigenvalue weighted by molar-refractivity contribution is -0.115. The Labute approximate surface area is 116 Å². The van der Waals surface area contributed by atoms with Gasteiger partial charge in [0.15, 0.2) is 0 Å². The summed E-state index contributed by atoms with van der Waals surface area (Å²) in [6.07, 6.45) is 0.903. The van der Waals surface area contributed by atoms with Gasteiger partial charge in [0.25, 0.3) is 0 Å². The molecule has 0 aromatic heterocycles. The summed E-state index contributed by atoms with van der Waals surface area (Å²) in [7, 11) is 1.67. The van der Waals surface area contributed by atoms with Crippen molar-refractivity contribution >= 4 is 27.5 Å². The number of nitrogens with one attached hydrogen (secondary N) is 2. The summed E-state index contributed by atoms with van der Waals surface area (Å²) in [5.74, 6) is -0.0387. The number of anilines is 1. The zero-order valence-electron chi connectivity index (χ0n) is 10.8. The van der Waals surface area contributed by atoms with E-state index in [0.29, 0.717) is 13.2 Å². The van der Waals surface area contributed by atoms with Gasteiger partial charge in [0.1, 0.15) is 0 Å². The van der Waals surface area contributed by atoms with Gasteiger partial charge in [0.05, 0.1) is 6.54 Å². The fourth-order valence-corrected chi connectivity index (χ4v) is 1.80. The summed E-state index contributed by atoms with van der Waals surface area (Å²) in [5.41, 5.74) is 1.95. The van der Waals surface area contributed by atoms with Gasteiger partial charge in [-0.25, -0.2) is 0 Å². The minimum atomic E-state index is -0.0387. The summed E-state index contributed by atoms with van der Waals surface area (Å²) >= 11 is 3.44. The summed E-state index contributed by atoms with van der Waals surface area (Å²) in [6, 6.07) is 5.76. The van der Waals surface area contributed by atoms with E-state index < -0.39 is 0 Å². The molecule has 0 unspecified atom stereocenters. The highest BCUT2D eigenvalue weighted by atomic mass is 79.9. The third-order valence-corrected chi connectivity index (χ3v) is 3.30. The monoisotopic (exact) mass is 314 g/mol. The summed E-state index contributed by atoms with van der Waals surface area (Å²) in [5, 5.41) is 5.90. The molecule has 0 saturated carbocycles. The van der Waals surface area contributed by atoms with Crippen LogP contribution in [-0.2, 0) is 9.53 Å². The smallest absolute Gasteiger partial charge is 0.238 e. The van der Waals surface area contributed by atoms with Crippen LogP contribution in [0.15, 0.2) is 22.7 Å². The molecular formula is C13H19BrN2O2. The van der Waals surface area contributed by atoms with Gasteiger partial charge in [-0.3, -0.25) is 4.79 Å². The summed E-state index contributed by atoms with van der Waals surface area (Å²) in [4.78, 5) is 11.6. The fraction of sp³-hybridized carbons (Fsp3) is 0.462. The third-order valence-electron chi connectivity index (χ3n) is 2.44. The number of amides is 1. The van der Waals surface area contributed by atoms with Crippen molar-refractivity contribution in [2.75, 3.05) is 32.1 Å². The van der Waals surface area contributed by atoms with Crippen LogP contribution in [0, 0.1) is 6.92 Å². The maximum absolute atomic E-state index is 11.6. The van der Waals surface area contributed by atoms with Crippen LogP contribution in [0.5, 0.6) is 0 Å². The third kappa shape index (κ3) is 5.62. The average molecular weight is 315 g/mol. The lowest BCUT2D eigenvalue weighted by Gasteiger charge is -2.08. The average Bonchev–Trinajstić information content (AvgIpc) is 2.34. The maximum Gasteiger partial charge on any atom is 0.238 e. The Morgan fingerprint density at radius 3 is 2.89 bits per heavy atom. The van der Waals surface area contributed by atoms with E-state index in [2.05, 4.69) is 26.6 Å². The molecule has 1 aromatic rings. The quantitative estimate of drug-likeness (QED) is 0.759. The molecule has 0 aliphatic heterocycles. The van der Waals surface area contributed by atoms with Gasteiger partial charge in [-0.1, -0.05) is 22.0 Å². The van der Waals surface area contributed by atoms with Gasteiger partial charge in [0, 0.05) is 23.9 Å². The minimum Gasteiger partial charge on any atom is -0.385 e. The van der Waals surface area contributed by atoms with E-state index >= 15 is 0 Å². The van der Waals surface area contributed by atoms with Crippen molar-refractivity contribution in [1.29, 1.82) is 0 Å². The predicted octanol–water partition coefficient (Wildman–Crippen LogP) is 2.32. The maximum atomic E-state index is 11.6. The van der Waals surface area contributed by atoms with E-state index in [9.17, 15) is 4.79 Å². The molecule has 1 aromatic carbocycles. The second-order valence-electron chi connectivity index (χ2n) is 4.04. The molecule has 5 heteroatoms. The van der Waals surface area contributed by atoms with Crippen LogP contribution in [0.2, 0.25) is 0 Å². The highest BCUT2D eigenvalue weighted by Crippen LogP contribution is 2.20. The molecular weight excluding hydrogens is 296 g/mol. The summed E-state index contributed by atoms with van der Waals surface area (Å²) in [6.45, 7) is 3.81. The van der Waals surface area contributed by atoms with Crippen LogP contribution >= 0.6 is 15.9 Å². The first kappa shape index (κ1) is 15.1. The van der Waals surface area contributed by atoms with Crippen LogP contribution in [0.25, 0.3) is 0 Å². The topological polar surface area (TPSA) is 50.4 Å². The number of rotatable bonds is 7. The normalized spacial score (nSPS) is 10.4. The number of aryl methyl sites for hydroxylation is 1. The van der Waals surface area contributed by atoms with Gasteiger partial charge in [-0.2, -0.15) is 0 Å². The number of benzene rings is 1. The molecule has 1 amide bonds. The van der Waals surface area contributed by atoms with Crippen molar-refractivity contribution in [2.24, 2.45) is 0 Å². The molecule has 2 N–H and O–H groups in total. The van der Waals surface area contributed by atoms with Crippen molar-refractivity contribution in [3.05, 3.63) is 28.2 Å². The van der Waals surface area contributed by atoms with Crippen molar-refractivity contribution in [3.63, 3.8) is 0 Å². The van der Waals surface area contributed by atoms with Gasteiger partial charge in [-0.15, -0.1) is 0 Å². The molecule has 0 fully saturated rings. The Hall–Kier alpha value is -0.910. The van der Waals surface area contributed by atoms with Gasteiger partial charge >= 0.3 is 0 Å². The Morgan fingerprint density at radius 1 is 1.44 bits per heavy atom. The number of ether oxygens (including phenoxy) is 1. The van der Waals surface area contributed by atoms with Gasteiger partial charge < -0.3 is 15.4 Å². The highest BCUT2D eigenvalue weighted by molar-refractivity contribution is 9.10. The number of halogens is 1. The van der Waals surface area contributed by atoms with Gasteiger partial charge in [-0.05, 0) is 37.6 Å². The van der Waals surface area contributed by atoms with E-state index in [1.54, 1.807) is 7.11 Å². The van der Waals surface area contributed by atoms with Crippen LogP contribution in [0.1, 0.15) is 12.0 Å². The second kappa shape index (κ2) is 8.24. The Morgan fingerprint density at radius 2 is 2.22 bits per heavy atom. The summed E-state index contributed by atoms with van der Waals surface area (Å²) < 4.78 is 5.92. The Balaban J connectivity index is 2.29. The van der Waals surface area contributed by atoms with E-state index in [4.69, 9.17) is 4.74 Å². The first-order valence-electron chi connectivity index (χ1n) is 5.89. The van der Waals surface area contributed by atoms with Crippen LogP contribution in [0.3, 0.4) is 0 Å². The Kier molecular flexibility index (Phi) is 6.93. The second-order valence-corrected chi connectivity index (χ2v) is 4.89. The molecule has 0 spiro atoms.